The van der Waals surface area contributed by atoms with Gasteiger partial charge in [0.05, 0.1) is 30.3 Å². The van der Waals surface area contributed by atoms with Gasteiger partial charge in [-0.3, -0.25) is 4.79 Å². The van der Waals surface area contributed by atoms with E-state index in [-0.39, 0.29) is 34.9 Å². The Morgan fingerprint density at radius 1 is 1.19 bits per heavy atom. The molecule has 0 amide bonds. The number of fused-ring (bicyclic) bond motifs is 5. The molecule has 9 unspecified atom stereocenters. The zero-order valence-electron chi connectivity index (χ0n) is 17.3. The van der Waals surface area contributed by atoms with E-state index in [1.165, 1.54) is 0 Å². The third-order valence-electron chi connectivity index (χ3n) is 8.95. The van der Waals surface area contributed by atoms with Crippen LogP contribution in [0.5, 0.6) is 0 Å². The Balaban J connectivity index is 1.65. The van der Waals surface area contributed by atoms with E-state index in [2.05, 4.69) is 19.9 Å². The maximum Gasteiger partial charge on any atom is 0.137 e. The zero-order valence-corrected chi connectivity index (χ0v) is 17.3. The lowest BCUT2D eigenvalue weighted by molar-refractivity contribution is -0.184. The molecule has 0 bridgehead atoms. The molecule has 0 radical (unpaired) electrons. The van der Waals surface area contributed by atoms with E-state index in [1.54, 1.807) is 0 Å². The van der Waals surface area contributed by atoms with Gasteiger partial charge in [0.15, 0.2) is 0 Å². The lowest BCUT2D eigenvalue weighted by Crippen LogP contribution is -2.60. The van der Waals surface area contributed by atoms with Crippen LogP contribution >= 0.6 is 0 Å². The van der Waals surface area contributed by atoms with Crippen LogP contribution in [0.15, 0.2) is 0 Å². The molecule has 9 atom stereocenters. The Morgan fingerprint density at radius 2 is 1.93 bits per heavy atom. The van der Waals surface area contributed by atoms with Crippen molar-refractivity contribution >= 4 is 5.78 Å². The summed E-state index contributed by atoms with van der Waals surface area (Å²) in [4.78, 5) is 13.5. The number of hydrogen-bond acceptors (Lipinski definition) is 4. The van der Waals surface area contributed by atoms with E-state index in [0.29, 0.717) is 30.0 Å². The van der Waals surface area contributed by atoms with Crippen molar-refractivity contribution in [3.05, 3.63) is 0 Å². The Hall–Kier alpha value is -0.920. The Kier molecular flexibility index (Phi) is 4.71. The summed E-state index contributed by atoms with van der Waals surface area (Å²) in [7, 11) is 0. The molecule has 0 aromatic rings. The fourth-order valence-corrected chi connectivity index (χ4v) is 7.77. The highest BCUT2D eigenvalue weighted by molar-refractivity contribution is 5.84. The standard InChI is InChI=1S/C23H35NO3/c1-13(2)27-20-11-23(4)14(9-18(20)25)5-7-16-17-8-6-15(12-24)22(17,3)10-19(26)21(16)23/h13-18,20-21,25H,5-11H2,1-4H3. The summed E-state index contributed by atoms with van der Waals surface area (Å²) in [6.07, 6.45) is 5.84. The summed E-state index contributed by atoms with van der Waals surface area (Å²) in [5, 5.41) is 20.3. The van der Waals surface area contributed by atoms with Crippen molar-refractivity contribution in [1.82, 2.24) is 0 Å². The minimum absolute atomic E-state index is 0.0307. The minimum Gasteiger partial charge on any atom is -0.390 e. The number of rotatable bonds is 2. The molecule has 4 aliphatic rings. The monoisotopic (exact) mass is 373 g/mol. The first-order valence-corrected chi connectivity index (χ1v) is 11.0. The van der Waals surface area contributed by atoms with Gasteiger partial charge in [0, 0.05) is 12.3 Å². The Morgan fingerprint density at radius 3 is 2.59 bits per heavy atom. The second kappa shape index (κ2) is 6.56. The molecule has 4 saturated carbocycles. The summed E-state index contributed by atoms with van der Waals surface area (Å²) in [5.74, 6) is 1.81. The number of Topliss-reactive ketones (excluding diaryl/α,β-unsaturated/α-hetero) is 1. The summed E-state index contributed by atoms with van der Waals surface area (Å²) in [6, 6.07) is 2.51. The lowest BCUT2D eigenvalue weighted by Gasteiger charge is -2.60. The molecule has 1 N–H and O–H groups in total. The van der Waals surface area contributed by atoms with E-state index in [9.17, 15) is 15.2 Å². The second-order valence-electron chi connectivity index (χ2n) is 10.7. The molecule has 4 nitrogen and oxygen atoms in total. The fourth-order valence-electron chi connectivity index (χ4n) is 7.77. The Labute approximate surface area is 163 Å². The van der Waals surface area contributed by atoms with Crippen LogP contribution in [0.2, 0.25) is 0 Å². The largest absolute Gasteiger partial charge is 0.390 e. The van der Waals surface area contributed by atoms with Crippen molar-refractivity contribution in [1.29, 1.82) is 5.26 Å². The number of ether oxygens (including phenoxy) is 1. The quantitative estimate of drug-likeness (QED) is 0.791. The van der Waals surface area contributed by atoms with E-state index >= 15 is 0 Å². The molecule has 4 heteroatoms. The maximum absolute atomic E-state index is 13.5. The molecule has 4 fully saturated rings. The van der Waals surface area contributed by atoms with Crippen LogP contribution in [0, 0.1) is 51.8 Å². The maximum atomic E-state index is 13.5. The molecule has 0 heterocycles. The van der Waals surface area contributed by atoms with Gasteiger partial charge in [-0.25, -0.2) is 0 Å². The van der Waals surface area contributed by atoms with E-state index in [4.69, 9.17) is 4.74 Å². The highest BCUT2D eigenvalue weighted by atomic mass is 16.5. The minimum atomic E-state index is -0.416. The van der Waals surface area contributed by atoms with E-state index in [0.717, 1.165) is 38.5 Å². The number of nitrogens with zero attached hydrogens (tertiary/aromatic N) is 1. The van der Waals surface area contributed by atoms with E-state index in [1.807, 2.05) is 13.8 Å². The third kappa shape index (κ3) is 2.80. The van der Waals surface area contributed by atoms with Gasteiger partial charge in [-0.15, -0.1) is 0 Å². The first-order valence-electron chi connectivity index (χ1n) is 11.0. The molecule has 27 heavy (non-hydrogen) atoms. The first-order chi connectivity index (χ1) is 12.7. The molecule has 0 aromatic heterocycles. The van der Waals surface area contributed by atoms with Crippen LogP contribution in [-0.2, 0) is 9.53 Å². The highest BCUT2D eigenvalue weighted by Crippen LogP contribution is 2.66. The molecule has 0 spiro atoms. The predicted octanol–water partition coefficient (Wildman–Crippen LogP) is 4.11. The SMILES string of the molecule is CC(C)OC1CC2(C)C(CCC3C4CCC(C#N)C4(C)CC(=O)C32)CC1O. The molecule has 150 valence electrons. The van der Waals surface area contributed by atoms with Crippen LogP contribution in [0.4, 0.5) is 0 Å². The number of hydrogen-bond donors (Lipinski definition) is 1. The molecule has 0 saturated heterocycles. The van der Waals surface area contributed by atoms with Gasteiger partial charge in [0.2, 0.25) is 0 Å². The summed E-state index contributed by atoms with van der Waals surface area (Å²) in [5.41, 5.74) is -0.205. The predicted molar refractivity (Wildman–Crippen MR) is 103 cm³/mol. The molecule has 4 aliphatic carbocycles. The molecular weight excluding hydrogens is 338 g/mol. The fraction of sp³-hybridized carbons (Fsp3) is 0.913. The number of aliphatic hydroxyl groups excluding tert-OH is 1. The van der Waals surface area contributed by atoms with Crippen molar-refractivity contribution in [2.45, 2.75) is 91.0 Å². The van der Waals surface area contributed by atoms with Gasteiger partial charge in [-0.2, -0.15) is 5.26 Å². The number of carbonyl (C=O) groups is 1. The second-order valence-corrected chi connectivity index (χ2v) is 10.7. The van der Waals surface area contributed by atoms with Crippen LogP contribution in [0.3, 0.4) is 0 Å². The van der Waals surface area contributed by atoms with Crippen LogP contribution in [0.1, 0.15) is 72.6 Å². The first kappa shape index (κ1) is 19.4. The zero-order chi connectivity index (χ0) is 19.6. The average molecular weight is 374 g/mol. The van der Waals surface area contributed by atoms with Crippen LogP contribution in [-0.4, -0.2) is 29.2 Å². The average Bonchev–Trinajstić information content (AvgIpc) is 2.91. The van der Waals surface area contributed by atoms with Crippen molar-refractivity contribution < 1.29 is 14.6 Å². The normalized spacial score (nSPS) is 52.0. The lowest BCUT2D eigenvalue weighted by atomic mass is 9.44. The van der Waals surface area contributed by atoms with Gasteiger partial charge in [0.1, 0.15) is 5.78 Å². The van der Waals surface area contributed by atoms with Crippen LogP contribution < -0.4 is 0 Å². The smallest absolute Gasteiger partial charge is 0.137 e. The van der Waals surface area contributed by atoms with Crippen molar-refractivity contribution in [2.24, 2.45) is 40.4 Å². The summed E-state index contributed by atoms with van der Waals surface area (Å²) in [6.45, 7) is 8.54. The van der Waals surface area contributed by atoms with Crippen molar-refractivity contribution in [2.75, 3.05) is 0 Å². The van der Waals surface area contributed by atoms with Gasteiger partial charge in [-0.05, 0) is 81.0 Å². The van der Waals surface area contributed by atoms with Gasteiger partial charge in [-0.1, -0.05) is 13.8 Å². The van der Waals surface area contributed by atoms with Gasteiger partial charge >= 0.3 is 0 Å². The Bertz CT molecular complexity index is 654. The number of ketones is 1. The molecule has 4 rings (SSSR count). The summed E-state index contributed by atoms with van der Waals surface area (Å²) < 4.78 is 6.07. The third-order valence-corrected chi connectivity index (χ3v) is 8.95. The van der Waals surface area contributed by atoms with Crippen molar-refractivity contribution in [3.8, 4) is 6.07 Å². The number of nitriles is 1. The highest BCUT2D eigenvalue weighted by Gasteiger charge is 2.64. The van der Waals surface area contributed by atoms with Crippen LogP contribution in [0.25, 0.3) is 0 Å². The molecular formula is C23H35NO3. The van der Waals surface area contributed by atoms with Gasteiger partial charge in [0.25, 0.3) is 0 Å². The number of carbonyl (C=O) groups excluding carboxylic acids is 1. The summed E-state index contributed by atoms with van der Waals surface area (Å²) >= 11 is 0. The molecule has 0 aromatic carbocycles. The van der Waals surface area contributed by atoms with Crippen molar-refractivity contribution in [3.63, 3.8) is 0 Å². The number of aliphatic hydroxyl groups is 1. The van der Waals surface area contributed by atoms with E-state index < -0.39 is 6.10 Å². The van der Waals surface area contributed by atoms with Gasteiger partial charge < -0.3 is 9.84 Å². The topological polar surface area (TPSA) is 70.3 Å². The molecule has 0 aliphatic heterocycles.